The van der Waals surface area contributed by atoms with Gasteiger partial charge in [0.1, 0.15) is 0 Å². The van der Waals surface area contributed by atoms with Gasteiger partial charge >= 0.3 is 0 Å². The lowest BCUT2D eigenvalue weighted by atomic mass is 10.1. The van der Waals surface area contributed by atoms with Gasteiger partial charge in [-0.3, -0.25) is 4.90 Å². The number of anilines is 3. The van der Waals surface area contributed by atoms with Crippen LogP contribution in [0, 0.1) is 0 Å². The molecule has 148 valence electrons. The van der Waals surface area contributed by atoms with Crippen LogP contribution in [0.4, 0.5) is 17.5 Å². The Kier molecular flexibility index (Phi) is 4.86. The molecule has 5 rings (SSSR count). The number of rotatable bonds is 4. The molecule has 0 N–H and O–H groups in total. The first-order chi connectivity index (χ1) is 14.3. The number of nitrogens with zero attached hydrogens (tertiary/aromatic N) is 6. The summed E-state index contributed by atoms with van der Waals surface area (Å²) in [7, 11) is 0. The van der Waals surface area contributed by atoms with E-state index < -0.39 is 0 Å². The molecule has 3 aromatic rings. The zero-order valence-electron chi connectivity index (χ0n) is 16.8. The van der Waals surface area contributed by atoms with Gasteiger partial charge in [0.2, 0.25) is 0 Å². The molecule has 2 aromatic carbocycles. The molecular formula is C23H26N6. The second-order valence-electron chi connectivity index (χ2n) is 7.92. The van der Waals surface area contributed by atoms with E-state index in [0.29, 0.717) is 12.0 Å². The largest absolute Gasteiger partial charge is 0.353 e. The molecule has 1 atom stereocenters. The van der Waals surface area contributed by atoms with E-state index in [-0.39, 0.29) is 0 Å². The average molecular weight is 387 g/mol. The SMILES string of the molecule is CC1Cc2ccccc2N1c1nncc(N2CCN(Cc3ccccc3)CC2)n1. The molecule has 1 fully saturated rings. The normalized spacial score (nSPS) is 19.4. The lowest BCUT2D eigenvalue weighted by molar-refractivity contribution is 0.249. The summed E-state index contributed by atoms with van der Waals surface area (Å²) in [5.74, 6) is 1.62. The quantitative estimate of drug-likeness (QED) is 0.686. The van der Waals surface area contributed by atoms with E-state index in [2.05, 4.69) is 86.4 Å². The number of para-hydroxylation sites is 1. The Morgan fingerprint density at radius 3 is 2.52 bits per heavy atom. The van der Waals surface area contributed by atoms with Crippen molar-refractivity contribution in [3.8, 4) is 0 Å². The summed E-state index contributed by atoms with van der Waals surface area (Å²) < 4.78 is 0. The highest BCUT2D eigenvalue weighted by molar-refractivity contribution is 5.67. The fourth-order valence-electron chi connectivity index (χ4n) is 4.39. The minimum absolute atomic E-state index is 0.340. The lowest BCUT2D eigenvalue weighted by Crippen LogP contribution is -2.46. The first kappa shape index (κ1) is 18.1. The highest BCUT2D eigenvalue weighted by Crippen LogP contribution is 2.36. The first-order valence-electron chi connectivity index (χ1n) is 10.4. The molecule has 6 nitrogen and oxygen atoms in total. The molecule has 1 aromatic heterocycles. The van der Waals surface area contributed by atoms with Gasteiger partial charge in [-0.2, -0.15) is 10.1 Å². The summed E-state index contributed by atoms with van der Waals surface area (Å²) in [4.78, 5) is 11.9. The number of fused-ring (bicyclic) bond motifs is 1. The van der Waals surface area contributed by atoms with Crippen LogP contribution >= 0.6 is 0 Å². The molecule has 0 saturated carbocycles. The van der Waals surface area contributed by atoms with Crippen molar-refractivity contribution < 1.29 is 0 Å². The molecule has 0 amide bonds. The van der Waals surface area contributed by atoms with Crippen molar-refractivity contribution in [3.63, 3.8) is 0 Å². The summed E-state index contributed by atoms with van der Waals surface area (Å²) in [5.41, 5.74) is 3.92. The maximum Gasteiger partial charge on any atom is 0.252 e. The molecule has 0 spiro atoms. The van der Waals surface area contributed by atoms with Crippen molar-refractivity contribution in [2.45, 2.75) is 25.9 Å². The monoisotopic (exact) mass is 386 g/mol. The van der Waals surface area contributed by atoms with Crippen LogP contribution in [0.1, 0.15) is 18.1 Å². The van der Waals surface area contributed by atoms with Gasteiger partial charge in [0.25, 0.3) is 5.95 Å². The molecule has 1 unspecified atom stereocenters. The summed E-state index contributed by atoms with van der Waals surface area (Å²) in [6.07, 6.45) is 2.81. The van der Waals surface area contributed by atoms with Crippen molar-refractivity contribution in [3.05, 3.63) is 71.9 Å². The summed E-state index contributed by atoms with van der Waals surface area (Å²) in [6.45, 7) is 7.19. The Hall–Kier alpha value is -2.99. The summed E-state index contributed by atoms with van der Waals surface area (Å²) >= 11 is 0. The van der Waals surface area contributed by atoms with Crippen LogP contribution in [0.25, 0.3) is 0 Å². The minimum atomic E-state index is 0.340. The van der Waals surface area contributed by atoms with E-state index in [9.17, 15) is 0 Å². The van der Waals surface area contributed by atoms with E-state index in [1.165, 1.54) is 16.8 Å². The molecule has 2 aliphatic rings. The Morgan fingerprint density at radius 1 is 0.931 bits per heavy atom. The fraction of sp³-hybridized carbons (Fsp3) is 0.348. The van der Waals surface area contributed by atoms with Crippen molar-refractivity contribution in [1.29, 1.82) is 0 Å². The third-order valence-electron chi connectivity index (χ3n) is 5.90. The predicted molar refractivity (Wildman–Crippen MR) is 116 cm³/mol. The van der Waals surface area contributed by atoms with Crippen molar-refractivity contribution in [2.24, 2.45) is 0 Å². The summed E-state index contributed by atoms with van der Waals surface area (Å²) in [6, 6.07) is 19.5. The van der Waals surface area contributed by atoms with Crippen molar-refractivity contribution in [1.82, 2.24) is 20.1 Å². The standard InChI is InChI=1S/C23H26N6/c1-18-15-20-9-5-6-10-21(20)29(18)23-25-22(16-24-26-23)28-13-11-27(12-14-28)17-19-7-3-2-4-8-19/h2-10,16,18H,11-15,17H2,1H3. The van der Waals surface area contributed by atoms with Gasteiger partial charge in [-0.05, 0) is 30.5 Å². The van der Waals surface area contributed by atoms with Crippen LogP contribution in [0.15, 0.2) is 60.8 Å². The van der Waals surface area contributed by atoms with Gasteiger partial charge in [-0.25, -0.2) is 0 Å². The lowest BCUT2D eigenvalue weighted by Gasteiger charge is -2.35. The predicted octanol–water partition coefficient (Wildman–Crippen LogP) is 3.28. The second kappa shape index (κ2) is 7.79. The topological polar surface area (TPSA) is 48.4 Å². The van der Waals surface area contributed by atoms with E-state index in [1.807, 2.05) is 0 Å². The number of hydrogen-bond acceptors (Lipinski definition) is 6. The molecule has 29 heavy (non-hydrogen) atoms. The van der Waals surface area contributed by atoms with Gasteiger partial charge < -0.3 is 9.80 Å². The van der Waals surface area contributed by atoms with E-state index in [4.69, 9.17) is 4.98 Å². The molecule has 1 saturated heterocycles. The van der Waals surface area contributed by atoms with Gasteiger partial charge in [0, 0.05) is 44.5 Å². The first-order valence-corrected chi connectivity index (χ1v) is 10.4. The van der Waals surface area contributed by atoms with Crippen molar-refractivity contribution >= 4 is 17.5 Å². The number of aromatic nitrogens is 3. The Morgan fingerprint density at radius 2 is 1.69 bits per heavy atom. The second-order valence-corrected chi connectivity index (χ2v) is 7.92. The van der Waals surface area contributed by atoms with Crippen LogP contribution in [0.3, 0.4) is 0 Å². The van der Waals surface area contributed by atoms with Crippen LogP contribution in [0.5, 0.6) is 0 Å². The fourth-order valence-corrected chi connectivity index (χ4v) is 4.39. The van der Waals surface area contributed by atoms with Crippen LogP contribution in [0.2, 0.25) is 0 Å². The van der Waals surface area contributed by atoms with Crippen LogP contribution in [-0.4, -0.2) is 52.3 Å². The highest BCUT2D eigenvalue weighted by Gasteiger charge is 2.29. The Bertz CT molecular complexity index is 968. The van der Waals surface area contributed by atoms with E-state index in [0.717, 1.165) is 45.0 Å². The zero-order valence-corrected chi connectivity index (χ0v) is 16.8. The Balaban J connectivity index is 1.29. The Labute approximate surface area is 171 Å². The maximum absolute atomic E-state index is 4.90. The van der Waals surface area contributed by atoms with Gasteiger partial charge in [-0.1, -0.05) is 48.5 Å². The van der Waals surface area contributed by atoms with Gasteiger partial charge in [0.15, 0.2) is 5.82 Å². The number of hydrogen-bond donors (Lipinski definition) is 0. The molecular weight excluding hydrogens is 360 g/mol. The van der Waals surface area contributed by atoms with Crippen LogP contribution in [-0.2, 0) is 13.0 Å². The highest BCUT2D eigenvalue weighted by atomic mass is 15.4. The maximum atomic E-state index is 4.90. The minimum Gasteiger partial charge on any atom is -0.353 e. The van der Waals surface area contributed by atoms with Gasteiger partial charge in [0.05, 0.1) is 6.20 Å². The summed E-state index contributed by atoms with van der Waals surface area (Å²) in [5, 5.41) is 8.65. The molecule has 0 bridgehead atoms. The molecule has 2 aliphatic heterocycles. The van der Waals surface area contributed by atoms with Crippen molar-refractivity contribution in [2.75, 3.05) is 36.0 Å². The van der Waals surface area contributed by atoms with E-state index in [1.54, 1.807) is 6.20 Å². The van der Waals surface area contributed by atoms with E-state index >= 15 is 0 Å². The van der Waals surface area contributed by atoms with Gasteiger partial charge in [-0.15, -0.1) is 5.10 Å². The molecule has 0 radical (unpaired) electrons. The molecule has 3 heterocycles. The molecule has 0 aliphatic carbocycles. The number of benzene rings is 2. The average Bonchev–Trinajstić information content (AvgIpc) is 3.11. The van der Waals surface area contributed by atoms with Crippen LogP contribution < -0.4 is 9.80 Å². The number of piperazine rings is 1. The zero-order chi connectivity index (χ0) is 19.6. The third kappa shape index (κ3) is 3.68. The third-order valence-corrected chi connectivity index (χ3v) is 5.90. The smallest absolute Gasteiger partial charge is 0.252 e. The molecule has 6 heteroatoms.